The highest BCUT2D eigenvalue weighted by Crippen LogP contribution is 2.21. The monoisotopic (exact) mass is 401 g/mol. The van der Waals surface area contributed by atoms with Gasteiger partial charge in [0.15, 0.2) is 0 Å². The third-order valence-corrected chi connectivity index (χ3v) is 5.19. The molecule has 0 unspecified atom stereocenters. The lowest BCUT2D eigenvalue weighted by molar-refractivity contribution is -0.119. The van der Waals surface area contributed by atoms with Crippen molar-refractivity contribution < 1.29 is 9.32 Å². The number of aromatic nitrogens is 2. The molecule has 3 rings (SSSR count). The summed E-state index contributed by atoms with van der Waals surface area (Å²) in [4.78, 5) is 16.5. The molecule has 1 aromatic heterocycles. The molecule has 1 N–H and O–H groups in total. The van der Waals surface area contributed by atoms with Crippen molar-refractivity contribution in [2.45, 2.75) is 25.6 Å². The van der Waals surface area contributed by atoms with Crippen LogP contribution in [-0.2, 0) is 10.5 Å². The number of nitrogens with zero attached hydrogens (tertiary/aromatic N) is 2. The molecule has 0 radical (unpaired) electrons. The molecule has 140 valence electrons. The SMILES string of the molecule is Cc1ccccc1[C@@H](C)NC(=O)CSCc1nc(-c2cccc(Cl)c2)no1. The van der Waals surface area contributed by atoms with Gasteiger partial charge in [-0.05, 0) is 37.1 Å². The average molecular weight is 402 g/mol. The van der Waals surface area contributed by atoms with Crippen molar-refractivity contribution in [2.24, 2.45) is 0 Å². The van der Waals surface area contributed by atoms with Crippen molar-refractivity contribution in [1.29, 1.82) is 0 Å². The second-order valence-electron chi connectivity index (χ2n) is 6.16. The zero-order valence-electron chi connectivity index (χ0n) is 15.1. The minimum absolute atomic E-state index is 0.0228. The number of hydrogen-bond acceptors (Lipinski definition) is 5. The van der Waals surface area contributed by atoms with Crippen molar-refractivity contribution in [3.63, 3.8) is 0 Å². The lowest BCUT2D eigenvalue weighted by Crippen LogP contribution is -2.28. The van der Waals surface area contributed by atoms with E-state index >= 15 is 0 Å². The molecule has 0 aliphatic rings. The summed E-state index contributed by atoms with van der Waals surface area (Å²) in [6.07, 6.45) is 0. The number of hydrogen-bond donors (Lipinski definition) is 1. The second kappa shape index (κ2) is 9.06. The smallest absolute Gasteiger partial charge is 0.236 e. The molecule has 0 saturated heterocycles. The van der Waals surface area contributed by atoms with E-state index in [4.69, 9.17) is 16.1 Å². The van der Waals surface area contributed by atoms with Crippen LogP contribution >= 0.6 is 23.4 Å². The number of rotatable bonds is 7. The topological polar surface area (TPSA) is 68.0 Å². The zero-order chi connectivity index (χ0) is 19.2. The number of halogens is 1. The van der Waals surface area contributed by atoms with E-state index in [1.54, 1.807) is 12.1 Å². The van der Waals surface area contributed by atoms with Gasteiger partial charge in [0.1, 0.15) is 0 Å². The first-order valence-electron chi connectivity index (χ1n) is 8.54. The van der Waals surface area contributed by atoms with Crippen LogP contribution in [0.25, 0.3) is 11.4 Å². The highest BCUT2D eigenvalue weighted by atomic mass is 35.5. The van der Waals surface area contributed by atoms with Gasteiger partial charge in [0.05, 0.1) is 17.5 Å². The first-order valence-corrected chi connectivity index (χ1v) is 10.1. The van der Waals surface area contributed by atoms with Gasteiger partial charge in [-0.25, -0.2) is 0 Å². The van der Waals surface area contributed by atoms with Gasteiger partial charge >= 0.3 is 0 Å². The molecule has 3 aromatic rings. The van der Waals surface area contributed by atoms with E-state index in [1.807, 2.05) is 50.2 Å². The lowest BCUT2D eigenvalue weighted by Gasteiger charge is -2.16. The second-order valence-corrected chi connectivity index (χ2v) is 7.58. The van der Waals surface area contributed by atoms with Gasteiger partial charge in [-0.15, -0.1) is 11.8 Å². The van der Waals surface area contributed by atoms with Crippen LogP contribution in [0.3, 0.4) is 0 Å². The molecule has 1 atom stereocenters. The Balaban J connectivity index is 1.48. The van der Waals surface area contributed by atoms with E-state index in [0.717, 1.165) is 16.7 Å². The summed E-state index contributed by atoms with van der Waals surface area (Å²) in [6, 6.07) is 15.3. The number of amides is 1. The molecular weight excluding hydrogens is 382 g/mol. The molecule has 1 heterocycles. The molecule has 0 bridgehead atoms. The predicted molar refractivity (Wildman–Crippen MR) is 109 cm³/mol. The Kier molecular flexibility index (Phi) is 6.53. The van der Waals surface area contributed by atoms with Crippen LogP contribution in [0.4, 0.5) is 0 Å². The highest BCUT2D eigenvalue weighted by Gasteiger charge is 2.13. The summed E-state index contributed by atoms with van der Waals surface area (Å²) in [5.74, 6) is 1.75. The van der Waals surface area contributed by atoms with Crippen molar-refractivity contribution in [3.8, 4) is 11.4 Å². The first kappa shape index (κ1) is 19.5. The molecule has 0 spiro atoms. The van der Waals surface area contributed by atoms with Gasteiger partial charge < -0.3 is 9.84 Å². The van der Waals surface area contributed by atoms with Crippen molar-refractivity contribution in [2.75, 3.05) is 5.75 Å². The van der Waals surface area contributed by atoms with Gasteiger partial charge in [0, 0.05) is 10.6 Å². The summed E-state index contributed by atoms with van der Waals surface area (Å²) in [6.45, 7) is 4.03. The number of benzene rings is 2. The number of thioether (sulfide) groups is 1. The molecule has 0 fully saturated rings. The van der Waals surface area contributed by atoms with Crippen LogP contribution in [0, 0.1) is 6.92 Å². The Bertz CT molecular complexity index is 929. The summed E-state index contributed by atoms with van der Waals surface area (Å²) in [7, 11) is 0. The predicted octanol–water partition coefficient (Wildman–Crippen LogP) is 4.81. The normalized spacial score (nSPS) is 12.0. The minimum Gasteiger partial charge on any atom is -0.349 e. The third-order valence-electron chi connectivity index (χ3n) is 4.04. The third kappa shape index (κ3) is 5.34. The number of aryl methyl sites for hydroxylation is 1. The fourth-order valence-corrected chi connectivity index (χ4v) is 3.58. The molecule has 27 heavy (non-hydrogen) atoms. The lowest BCUT2D eigenvalue weighted by atomic mass is 10.0. The van der Waals surface area contributed by atoms with Gasteiger partial charge in [-0.2, -0.15) is 4.98 Å². The van der Waals surface area contributed by atoms with Crippen molar-refractivity contribution in [3.05, 3.63) is 70.6 Å². The molecule has 2 aromatic carbocycles. The van der Waals surface area contributed by atoms with E-state index in [1.165, 1.54) is 11.8 Å². The first-order chi connectivity index (χ1) is 13.0. The molecule has 5 nitrogen and oxygen atoms in total. The van der Waals surface area contributed by atoms with Crippen LogP contribution in [0.1, 0.15) is 30.0 Å². The van der Waals surface area contributed by atoms with Crippen LogP contribution in [0.5, 0.6) is 0 Å². The average Bonchev–Trinajstić information content (AvgIpc) is 3.11. The quantitative estimate of drug-likeness (QED) is 0.615. The fourth-order valence-electron chi connectivity index (χ4n) is 2.72. The maximum Gasteiger partial charge on any atom is 0.236 e. The van der Waals surface area contributed by atoms with Gasteiger partial charge in [-0.3, -0.25) is 4.79 Å². The minimum atomic E-state index is -0.0304. The van der Waals surface area contributed by atoms with Gasteiger partial charge in [0.25, 0.3) is 0 Å². The highest BCUT2D eigenvalue weighted by molar-refractivity contribution is 7.99. The van der Waals surface area contributed by atoms with Gasteiger partial charge in [0.2, 0.25) is 17.6 Å². The van der Waals surface area contributed by atoms with E-state index in [-0.39, 0.29) is 11.9 Å². The van der Waals surface area contributed by atoms with E-state index < -0.39 is 0 Å². The zero-order valence-corrected chi connectivity index (χ0v) is 16.7. The summed E-state index contributed by atoms with van der Waals surface area (Å²) in [5, 5.41) is 7.60. The van der Waals surface area contributed by atoms with Crippen LogP contribution < -0.4 is 5.32 Å². The van der Waals surface area contributed by atoms with Crippen LogP contribution in [0.15, 0.2) is 53.1 Å². The van der Waals surface area contributed by atoms with E-state index in [2.05, 4.69) is 15.5 Å². The Morgan fingerprint density at radius 3 is 2.85 bits per heavy atom. The summed E-state index contributed by atoms with van der Waals surface area (Å²) in [5.41, 5.74) is 3.09. The van der Waals surface area contributed by atoms with Crippen LogP contribution in [-0.4, -0.2) is 21.8 Å². The molecule has 0 saturated carbocycles. The summed E-state index contributed by atoms with van der Waals surface area (Å²) >= 11 is 7.41. The Hall–Kier alpha value is -2.31. The molecule has 0 aliphatic heterocycles. The summed E-state index contributed by atoms with van der Waals surface area (Å²) < 4.78 is 5.25. The molecule has 7 heteroatoms. The maximum absolute atomic E-state index is 12.2. The number of carbonyl (C=O) groups excluding carboxylic acids is 1. The molecular formula is C20H20ClN3O2S. The Morgan fingerprint density at radius 2 is 2.07 bits per heavy atom. The van der Waals surface area contributed by atoms with E-state index in [9.17, 15) is 4.79 Å². The number of nitrogens with one attached hydrogen (secondary N) is 1. The van der Waals surface area contributed by atoms with Gasteiger partial charge in [-0.1, -0.05) is 53.2 Å². The molecule has 1 amide bonds. The van der Waals surface area contributed by atoms with Crippen molar-refractivity contribution in [1.82, 2.24) is 15.5 Å². The molecule has 0 aliphatic carbocycles. The Labute approximate surface area is 167 Å². The van der Waals surface area contributed by atoms with Crippen molar-refractivity contribution >= 4 is 29.3 Å². The maximum atomic E-state index is 12.2. The Morgan fingerprint density at radius 1 is 1.26 bits per heavy atom. The van der Waals surface area contributed by atoms with Crippen LogP contribution in [0.2, 0.25) is 5.02 Å². The largest absolute Gasteiger partial charge is 0.349 e. The standard InChI is InChI=1S/C20H20ClN3O2S/c1-13-6-3-4-9-17(13)14(2)22-18(25)11-27-12-19-23-20(24-26-19)15-7-5-8-16(21)10-15/h3-10,14H,11-12H2,1-2H3,(H,22,25)/t14-/m1/s1. The fraction of sp³-hybridized carbons (Fsp3) is 0.250. The van der Waals surface area contributed by atoms with E-state index in [0.29, 0.717) is 28.2 Å². The number of carbonyl (C=O) groups is 1.